The molecule has 0 aliphatic heterocycles. The number of hydrogen-bond donors (Lipinski definition) is 2. The minimum Gasteiger partial charge on any atom is -0.313 e. The maximum absolute atomic E-state index is 4.33. The Morgan fingerprint density at radius 1 is 1.41 bits per heavy atom. The molecular formula is C9H11N4P3S. The van der Waals surface area contributed by atoms with Crippen molar-refractivity contribution in [2.45, 2.75) is 0 Å². The lowest BCUT2D eigenvalue weighted by Crippen LogP contribution is -1.65. The van der Waals surface area contributed by atoms with Gasteiger partial charge in [0.2, 0.25) is 0 Å². The van der Waals surface area contributed by atoms with Gasteiger partial charge in [-0.15, -0.1) is 11.3 Å². The van der Waals surface area contributed by atoms with Crippen LogP contribution in [0, 0.1) is 0 Å². The summed E-state index contributed by atoms with van der Waals surface area (Å²) in [6, 6.07) is 8.10. The second kappa shape index (κ2) is 6.78. The van der Waals surface area contributed by atoms with Gasteiger partial charge in [0.25, 0.3) is 0 Å². The summed E-state index contributed by atoms with van der Waals surface area (Å²) in [5.41, 5.74) is 1.06. The average molecular weight is 300 g/mol. The highest BCUT2D eigenvalue weighted by Crippen LogP contribution is 2.21. The van der Waals surface area contributed by atoms with E-state index in [1.54, 1.807) is 17.4 Å². The van der Waals surface area contributed by atoms with Crippen molar-refractivity contribution in [3.63, 3.8) is 0 Å². The van der Waals surface area contributed by atoms with Crippen LogP contribution in [0.25, 0.3) is 16.3 Å². The molecule has 2 unspecified atom stereocenters. The summed E-state index contributed by atoms with van der Waals surface area (Å²) in [5, 5.41) is 0.992. The molecule has 2 atom stereocenters. The highest BCUT2D eigenvalue weighted by atomic mass is 32.1. The first kappa shape index (κ1) is 12.6. The number of H-pyrrole nitrogens is 2. The van der Waals surface area contributed by atoms with E-state index in [1.807, 2.05) is 18.2 Å². The van der Waals surface area contributed by atoms with Gasteiger partial charge >= 0.3 is 0 Å². The molecule has 88 valence electrons. The van der Waals surface area contributed by atoms with Gasteiger partial charge in [-0.2, -0.15) is 4.51 Å². The molecule has 4 nitrogen and oxygen atoms in total. The van der Waals surface area contributed by atoms with Crippen molar-refractivity contribution in [3.05, 3.63) is 35.9 Å². The van der Waals surface area contributed by atoms with Gasteiger partial charge in [-0.05, 0) is 18.2 Å². The molecule has 0 radical (unpaired) electrons. The van der Waals surface area contributed by atoms with Crippen LogP contribution < -0.4 is 0 Å². The Kier molecular flexibility index (Phi) is 5.03. The van der Waals surface area contributed by atoms with E-state index in [9.17, 15) is 0 Å². The second-order valence-electron chi connectivity index (χ2n) is 2.90. The average Bonchev–Trinajstić information content (AvgIpc) is 2.84. The molecule has 0 amide bonds. The topological polar surface area (TPSA) is 57.4 Å². The van der Waals surface area contributed by atoms with Gasteiger partial charge in [0, 0.05) is 17.0 Å². The Bertz CT molecular complexity index is 542. The molecule has 0 spiro atoms. The van der Waals surface area contributed by atoms with Gasteiger partial charge in [0.15, 0.2) is 0 Å². The molecule has 0 saturated carbocycles. The lowest BCUT2D eigenvalue weighted by molar-refractivity contribution is 1.46. The summed E-state index contributed by atoms with van der Waals surface area (Å²) in [7, 11) is 2.36. The monoisotopic (exact) mass is 300 g/mol. The molecule has 8 heteroatoms. The van der Waals surface area contributed by atoms with Crippen molar-refractivity contribution in [1.29, 1.82) is 0 Å². The smallest absolute Gasteiger partial charge is 0.138 e. The summed E-state index contributed by atoms with van der Waals surface area (Å²) in [6.45, 7) is 3.67. The van der Waals surface area contributed by atoms with Gasteiger partial charge in [-0.25, -0.2) is 4.98 Å². The zero-order valence-electron chi connectivity index (χ0n) is 8.84. The molecule has 0 aliphatic rings. The summed E-state index contributed by atoms with van der Waals surface area (Å²) in [6.07, 6.45) is 1.78. The predicted octanol–water partition coefficient (Wildman–Crippen LogP) is 4.44. The van der Waals surface area contributed by atoms with Crippen LogP contribution in [0.15, 0.2) is 30.8 Å². The fourth-order valence-corrected chi connectivity index (χ4v) is 4.60. The lowest BCUT2D eigenvalue weighted by Gasteiger charge is -1.80. The minimum atomic E-state index is 0.614. The third-order valence-electron chi connectivity index (χ3n) is 1.81. The van der Waals surface area contributed by atoms with E-state index in [-0.39, 0.29) is 0 Å². The van der Waals surface area contributed by atoms with Crippen LogP contribution in [0.4, 0.5) is 0 Å². The number of rotatable bonds is 1. The zero-order chi connectivity index (χ0) is 11.9. The number of aromatic amines is 2. The highest BCUT2D eigenvalue weighted by Gasteiger charge is 1.97. The van der Waals surface area contributed by atoms with E-state index >= 15 is 0 Å². The number of nitrogens with zero attached hydrogens (tertiary/aromatic N) is 2. The van der Waals surface area contributed by atoms with Crippen LogP contribution in [0.5, 0.6) is 0 Å². The maximum atomic E-state index is 4.33. The molecule has 2 heterocycles. The normalized spacial score (nSPS) is 10.8. The zero-order valence-corrected chi connectivity index (χ0v) is 12.6. The number of thiazole rings is 1. The highest BCUT2D eigenvalue weighted by molar-refractivity contribution is 7.43. The predicted molar refractivity (Wildman–Crippen MR) is 81.8 cm³/mol. The van der Waals surface area contributed by atoms with Crippen LogP contribution >= 0.6 is 36.9 Å². The number of nitrogens with one attached hydrogen (secondary N) is 2. The Morgan fingerprint density at radius 2 is 2.29 bits per heavy atom. The second-order valence-corrected chi connectivity index (χ2v) is 7.33. The standard InChI is InChI=1S/C9H7NS.H4N3P3/c1-2-9-10-7-5-3-4-6-8(7)11-9;1-4-2-6-3-5-1/h2-6H,1H2;1,4-5H,(H,2,3). The first-order chi connectivity index (χ1) is 8.40. The van der Waals surface area contributed by atoms with Crippen molar-refractivity contribution in [1.82, 2.24) is 18.5 Å². The lowest BCUT2D eigenvalue weighted by atomic mass is 10.3. The number of benzene rings is 1. The minimum absolute atomic E-state index is 0.614. The van der Waals surface area contributed by atoms with Crippen molar-refractivity contribution >= 4 is 53.2 Å². The van der Waals surface area contributed by atoms with Gasteiger partial charge in [-0.1, -0.05) is 18.7 Å². The molecule has 1 aromatic carbocycles. The Hall–Kier alpha value is -0.850. The molecule has 2 aromatic heterocycles. The molecule has 0 bridgehead atoms. The van der Waals surface area contributed by atoms with Crippen molar-refractivity contribution in [3.8, 4) is 0 Å². The van der Waals surface area contributed by atoms with Crippen LogP contribution in [0.1, 0.15) is 5.01 Å². The van der Waals surface area contributed by atoms with Crippen LogP contribution in [0.2, 0.25) is 0 Å². The Balaban J connectivity index is 0.000000153. The van der Waals surface area contributed by atoms with Gasteiger partial charge in [0.1, 0.15) is 13.5 Å². The van der Waals surface area contributed by atoms with Crippen molar-refractivity contribution < 1.29 is 0 Å². The van der Waals surface area contributed by atoms with E-state index in [1.165, 1.54) is 4.70 Å². The number of para-hydroxylation sites is 1. The molecule has 0 saturated heterocycles. The van der Waals surface area contributed by atoms with Crippen LogP contribution in [-0.4, -0.2) is 18.5 Å². The molecule has 17 heavy (non-hydrogen) atoms. The quantitative estimate of drug-likeness (QED) is 0.698. The van der Waals surface area contributed by atoms with E-state index < -0.39 is 0 Å². The number of aromatic nitrogens is 4. The van der Waals surface area contributed by atoms with Crippen LogP contribution in [-0.2, 0) is 0 Å². The van der Waals surface area contributed by atoms with Gasteiger partial charge in [-0.3, -0.25) is 0 Å². The Labute approximate surface area is 108 Å². The van der Waals surface area contributed by atoms with Gasteiger partial charge in [0.05, 0.1) is 10.2 Å². The third-order valence-corrected chi connectivity index (χ3v) is 5.44. The molecule has 0 fully saturated rings. The molecule has 3 aromatic rings. The van der Waals surface area contributed by atoms with Gasteiger partial charge < -0.3 is 9.02 Å². The number of hydrogen-bond acceptors (Lipinski definition) is 3. The number of fused-ring (bicyclic) bond motifs is 1. The molecule has 2 N–H and O–H groups in total. The van der Waals surface area contributed by atoms with E-state index in [2.05, 4.69) is 31.2 Å². The van der Waals surface area contributed by atoms with Crippen molar-refractivity contribution in [2.75, 3.05) is 0 Å². The third kappa shape index (κ3) is 3.83. The molecule has 3 rings (SSSR count). The summed E-state index contributed by atoms with van der Waals surface area (Å²) < 4.78 is 11.3. The van der Waals surface area contributed by atoms with E-state index in [4.69, 9.17) is 0 Å². The largest absolute Gasteiger partial charge is 0.313 e. The van der Waals surface area contributed by atoms with E-state index in [0.717, 1.165) is 19.0 Å². The SMILES string of the molecule is C=Cc1nc2ccccc2s1.n1p[nH][pH][nH][pH]1. The summed E-state index contributed by atoms with van der Waals surface area (Å²) in [5.74, 6) is 0. The summed E-state index contributed by atoms with van der Waals surface area (Å²) in [4.78, 5) is 4.33. The fraction of sp³-hybridized carbons (Fsp3) is 0. The van der Waals surface area contributed by atoms with E-state index in [0.29, 0.717) is 17.0 Å². The molecule has 0 aliphatic carbocycles. The Morgan fingerprint density at radius 3 is 2.82 bits per heavy atom. The molecular weight excluding hydrogens is 289 g/mol. The summed E-state index contributed by atoms with van der Waals surface area (Å²) >= 11 is 1.67. The first-order valence-corrected chi connectivity index (χ1v) is 8.39. The fourth-order valence-electron chi connectivity index (χ4n) is 1.13. The maximum Gasteiger partial charge on any atom is 0.138 e. The first-order valence-electron chi connectivity index (χ1n) is 4.78. The van der Waals surface area contributed by atoms with Crippen molar-refractivity contribution in [2.24, 2.45) is 0 Å². The van der Waals surface area contributed by atoms with Crippen LogP contribution in [0.3, 0.4) is 0 Å².